The molecule has 0 bridgehead atoms. The minimum atomic E-state index is -0.865. The molecule has 1 spiro atoms. The number of rotatable bonds is 1. The van der Waals surface area contributed by atoms with Gasteiger partial charge in [-0.3, -0.25) is 9.69 Å². The van der Waals surface area contributed by atoms with Gasteiger partial charge in [0.2, 0.25) is 5.91 Å². The average molecular weight is 270 g/mol. The summed E-state index contributed by atoms with van der Waals surface area (Å²) < 4.78 is 0. The Hall–Kier alpha value is -0.750. The van der Waals surface area contributed by atoms with Crippen molar-refractivity contribution in [2.45, 2.75) is 42.6 Å². The molecule has 3 rings (SSSR count). The summed E-state index contributed by atoms with van der Waals surface area (Å²) in [6.07, 6.45) is 3.71. The van der Waals surface area contributed by atoms with E-state index in [1.54, 1.807) is 16.7 Å². The Morgan fingerprint density at radius 1 is 1.50 bits per heavy atom. The highest BCUT2D eigenvalue weighted by atomic mass is 32.2. The first-order chi connectivity index (χ1) is 8.56. The van der Waals surface area contributed by atoms with E-state index in [0.29, 0.717) is 5.75 Å². The zero-order chi connectivity index (χ0) is 12.9. The molecule has 2 unspecified atom stereocenters. The normalized spacial score (nSPS) is 40.5. The van der Waals surface area contributed by atoms with Gasteiger partial charge in [-0.05, 0) is 39.3 Å². The van der Waals surface area contributed by atoms with Gasteiger partial charge in [-0.25, -0.2) is 4.79 Å². The van der Waals surface area contributed by atoms with Gasteiger partial charge in [-0.1, -0.05) is 0 Å². The van der Waals surface area contributed by atoms with E-state index in [2.05, 4.69) is 4.90 Å². The van der Waals surface area contributed by atoms with E-state index in [1.807, 2.05) is 7.05 Å². The predicted molar refractivity (Wildman–Crippen MR) is 68.3 cm³/mol. The fourth-order valence-corrected chi connectivity index (χ4v) is 4.95. The van der Waals surface area contributed by atoms with Gasteiger partial charge in [0.15, 0.2) is 0 Å². The molecule has 3 saturated heterocycles. The number of aliphatic carboxylic acids is 1. The van der Waals surface area contributed by atoms with Crippen LogP contribution in [0.5, 0.6) is 0 Å². The van der Waals surface area contributed by atoms with Crippen LogP contribution < -0.4 is 0 Å². The summed E-state index contributed by atoms with van der Waals surface area (Å²) >= 11 is 1.62. The van der Waals surface area contributed by atoms with Crippen molar-refractivity contribution in [1.29, 1.82) is 0 Å². The van der Waals surface area contributed by atoms with Gasteiger partial charge < -0.3 is 10.0 Å². The first-order valence-electron chi connectivity index (χ1n) is 6.45. The van der Waals surface area contributed by atoms with Gasteiger partial charge >= 0.3 is 5.97 Å². The lowest BCUT2D eigenvalue weighted by atomic mass is 9.85. The number of likely N-dealkylation sites (tertiary alicyclic amines) is 1. The lowest BCUT2D eigenvalue weighted by Crippen LogP contribution is -2.62. The highest BCUT2D eigenvalue weighted by molar-refractivity contribution is 8.00. The molecule has 0 aliphatic carbocycles. The summed E-state index contributed by atoms with van der Waals surface area (Å²) in [5, 5.41) is 9.33. The molecule has 3 heterocycles. The molecule has 0 saturated carbocycles. The SMILES string of the molecule is CN1CCC[C@]12CCC1SCC(C(=O)O)N1C2=O. The zero-order valence-electron chi connectivity index (χ0n) is 10.5. The maximum Gasteiger partial charge on any atom is 0.327 e. The molecular formula is C12H18N2O3S. The molecule has 18 heavy (non-hydrogen) atoms. The molecule has 1 N–H and O–H groups in total. The molecular weight excluding hydrogens is 252 g/mol. The molecule has 3 aliphatic rings. The smallest absolute Gasteiger partial charge is 0.327 e. The summed E-state index contributed by atoms with van der Waals surface area (Å²) in [7, 11) is 1.99. The Kier molecular flexibility index (Phi) is 2.82. The number of thioether (sulfide) groups is 1. The van der Waals surface area contributed by atoms with Crippen LogP contribution in [0.15, 0.2) is 0 Å². The lowest BCUT2D eigenvalue weighted by Gasteiger charge is -2.45. The Bertz CT molecular complexity index is 403. The number of nitrogens with zero attached hydrogens (tertiary/aromatic N) is 2. The predicted octanol–water partition coefficient (Wildman–Crippen LogP) is 0.599. The van der Waals surface area contributed by atoms with Gasteiger partial charge in [-0.2, -0.15) is 0 Å². The van der Waals surface area contributed by atoms with Crippen molar-refractivity contribution in [3.05, 3.63) is 0 Å². The summed E-state index contributed by atoms with van der Waals surface area (Å²) in [6.45, 7) is 0.940. The molecule has 5 nitrogen and oxygen atoms in total. The summed E-state index contributed by atoms with van der Waals surface area (Å²) in [6, 6.07) is -0.626. The van der Waals surface area contributed by atoms with Gasteiger partial charge in [0.05, 0.1) is 5.37 Å². The highest BCUT2D eigenvalue weighted by Crippen LogP contribution is 2.45. The van der Waals surface area contributed by atoms with Gasteiger partial charge in [-0.15, -0.1) is 11.8 Å². The second-order valence-electron chi connectivity index (χ2n) is 5.45. The Labute approximate surface area is 110 Å². The second kappa shape index (κ2) is 4.13. The van der Waals surface area contributed by atoms with Crippen molar-refractivity contribution in [2.24, 2.45) is 0 Å². The van der Waals surface area contributed by atoms with E-state index in [1.165, 1.54) is 0 Å². The number of carboxylic acid groups (broad SMARTS) is 1. The van der Waals surface area contributed by atoms with Crippen LogP contribution in [0.4, 0.5) is 0 Å². The fraction of sp³-hybridized carbons (Fsp3) is 0.833. The van der Waals surface area contributed by atoms with E-state index < -0.39 is 17.6 Å². The summed E-state index contributed by atoms with van der Waals surface area (Å²) in [4.78, 5) is 27.8. The van der Waals surface area contributed by atoms with Crippen molar-refractivity contribution >= 4 is 23.6 Å². The maximum absolute atomic E-state index is 12.8. The number of carbonyl (C=O) groups excluding carboxylic acids is 1. The third-order valence-electron chi connectivity index (χ3n) is 4.63. The second-order valence-corrected chi connectivity index (χ2v) is 6.66. The number of hydrogen-bond donors (Lipinski definition) is 1. The minimum Gasteiger partial charge on any atom is -0.480 e. The monoisotopic (exact) mass is 270 g/mol. The van der Waals surface area contributed by atoms with Crippen LogP contribution in [0.1, 0.15) is 25.7 Å². The van der Waals surface area contributed by atoms with Crippen LogP contribution in [0.25, 0.3) is 0 Å². The zero-order valence-corrected chi connectivity index (χ0v) is 11.3. The molecule has 1 amide bonds. The van der Waals surface area contributed by atoms with Gasteiger partial charge in [0.25, 0.3) is 0 Å². The number of amides is 1. The molecule has 6 heteroatoms. The number of likely N-dealkylation sites (N-methyl/N-ethyl adjacent to an activating group) is 1. The molecule has 100 valence electrons. The highest BCUT2D eigenvalue weighted by Gasteiger charge is 2.56. The summed E-state index contributed by atoms with van der Waals surface area (Å²) in [5.74, 6) is -0.280. The Morgan fingerprint density at radius 3 is 2.89 bits per heavy atom. The number of fused-ring (bicyclic) bond motifs is 1. The van der Waals surface area contributed by atoms with Crippen LogP contribution in [-0.2, 0) is 9.59 Å². The minimum absolute atomic E-state index is 0.0520. The summed E-state index contributed by atoms with van der Waals surface area (Å²) in [5.41, 5.74) is -0.408. The first-order valence-corrected chi connectivity index (χ1v) is 7.49. The fourth-order valence-electron chi connectivity index (χ4n) is 3.56. The standard InChI is InChI=1S/C12H18N2O3S/c1-13-6-2-4-12(13)5-3-9-14(11(12)17)8(7-18-9)10(15)16/h8-9H,2-7H2,1H3,(H,15,16)/t8?,9?,12-/m1/s1. The van der Waals surface area contributed by atoms with Gasteiger partial charge in [0, 0.05) is 5.75 Å². The van der Waals surface area contributed by atoms with Crippen molar-refractivity contribution in [1.82, 2.24) is 9.80 Å². The Balaban J connectivity index is 1.92. The topological polar surface area (TPSA) is 60.9 Å². The number of hydrogen-bond acceptors (Lipinski definition) is 4. The molecule has 0 aromatic carbocycles. The molecule has 0 radical (unpaired) electrons. The van der Waals surface area contributed by atoms with Crippen LogP contribution in [-0.4, -0.2) is 63.1 Å². The third kappa shape index (κ3) is 1.51. The van der Waals surface area contributed by atoms with Crippen molar-refractivity contribution in [3.8, 4) is 0 Å². The van der Waals surface area contributed by atoms with E-state index in [9.17, 15) is 14.7 Å². The first kappa shape index (κ1) is 12.3. The van der Waals surface area contributed by atoms with Crippen LogP contribution in [0.2, 0.25) is 0 Å². The molecule has 0 aromatic rings. The van der Waals surface area contributed by atoms with E-state index in [-0.39, 0.29) is 11.3 Å². The molecule has 0 aromatic heterocycles. The van der Waals surface area contributed by atoms with E-state index in [4.69, 9.17) is 0 Å². The van der Waals surface area contributed by atoms with Crippen LogP contribution >= 0.6 is 11.8 Å². The van der Waals surface area contributed by atoms with Crippen LogP contribution in [0.3, 0.4) is 0 Å². The molecule has 3 fully saturated rings. The Morgan fingerprint density at radius 2 is 2.28 bits per heavy atom. The molecule has 3 aliphatic heterocycles. The van der Waals surface area contributed by atoms with Gasteiger partial charge in [0.1, 0.15) is 11.6 Å². The molecule has 3 atom stereocenters. The average Bonchev–Trinajstić information content (AvgIpc) is 2.90. The quantitative estimate of drug-likeness (QED) is 0.756. The lowest BCUT2D eigenvalue weighted by molar-refractivity contribution is -0.158. The maximum atomic E-state index is 12.8. The number of carboxylic acids is 1. The van der Waals surface area contributed by atoms with E-state index >= 15 is 0 Å². The van der Waals surface area contributed by atoms with E-state index in [0.717, 1.165) is 32.2 Å². The largest absolute Gasteiger partial charge is 0.480 e. The number of carbonyl (C=O) groups is 2. The van der Waals surface area contributed by atoms with Crippen LogP contribution in [0, 0.1) is 0 Å². The third-order valence-corrected chi connectivity index (χ3v) is 5.99. The van der Waals surface area contributed by atoms with Crippen molar-refractivity contribution in [2.75, 3.05) is 19.3 Å². The van der Waals surface area contributed by atoms with Crippen molar-refractivity contribution in [3.63, 3.8) is 0 Å². The number of piperidine rings is 1. The van der Waals surface area contributed by atoms with Crippen molar-refractivity contribution < 1.29 is 14.7 Å².